The molecule has 0 saturated heterocycles. The summed E-state index contributed by atoms with van der Waals surface area (Å²) in [5.74, 6) is 0.740. The molecule has 1 amide bonds. The summed E-state index contributed by atoms with van der Waals surface area (Å²) in [7, 11) is 0. The van der Waals surface area contributed by atoms with Crippen molar-refractivity contribution in [1.29, 1.82) is 0 Å². The smallest absolute Gasteiger partial charge is 0.256 e. The Morgan fingerprint density at radius 3 is 2.68 bits per heavy atom. The molecule has 0 spiro atoms. The Bertz CT molecular complexity index is 1150. The van der Waals surface area contributed by atoms with E-state index in [0.29, 0.717) is 28.9 Å². The van der Waals surface area contributed by atoms with Gasteiger partial charge in [-0.15, -0.1) is 0 Å². The first-order valence-electron chi connectivity index (χ1n) is 8.77. The van der Waals surface area contributed by atoms with Gasteiger partial charge in [0.05, 0.1) is 23.3 Å². The van der Waals surface area contributed by atoms with Crippen LogP contribution in [0.25, 0.3) is 17.0 Å². The molecular formula is C20H18ClN5O2. The lowest BCUT2D eigenvalue weighted by Gasteiger charge is -2.11. The number of aliphatic hydroxyl groups excluding tert-OH is 1. The summed E-state index contributed by atoms with van der Waals surface area (Å²) < 4.78 is 3.46. The summed E-state index contributed by atoms with van der Waals surface area (Å²) in [4.78, 5) is 17.3. The fraction of sp³-hybridized carbons (Fsp3) is 0.150. The molecule has 0 aliphatic heterocycles. The van der Waals surface area contributed by atoms with E-state index in [1.165, 1.54) is 0 Å². The molecule has 2 aromatic carbocycles. The molecule has 8 heteroatoms. The minimum absolute atomic E-state index is 0.0416. The summed E-state index contributed by atoms with van der Waals surface area (Å²) in [5.41, 5.74) is 2.89. The van der Waals surface area contributed by atoms with E-state index in [2.05, 4.69) is 15.4 Å². The Hall–Kier alpha value is -3.16. The zero-order chi connectivity index (χ0) is 19.7. The number of aromatic nitrogens is 4. The van der Waals surface area contributed by atoms with Gasteiger partial charge in [0.2, 0.25) is 5.95 Å². The van der Waals surface area contributed by atoms with Gasteiger partial charge in [-0.3, -0.25) is 4.79 Å². The lowest BCUT2D eigenvalue weighted by atomic mass is 10.2. The number of aliphatic hydroxyl groups is 1. The van der Waals surface area contributed by atoms with E-state index in [4.69, 9.17) is 11.6 Å². The number of rotatable bonds is 5. The van der Waals surface area contributed by atoms with Crippen LogP contribution in [-0.2, 0) is 6.54 Å². The molecule has 0 saturated carbocycles. The number of amides is 1. The van der Waals surface area contributed by atoms with Gasteiger partial charge < -0.3 is 15.0 Å². The van der Waals surface area contributed by atoms with E-state index in [9.17, 15) is 9.90 Å². The predicted octanol–water partition coefficient (Wildman–Crippen LogP) is 3.43. The number of para-hydroxylation sites is 2. The highest BCUT2D eigenvalue weighted by Gasteiger charge is 2.18. The first kappa shape index (κ1) is 18.2. The summed E-state index contributed by atoms with van der Waals surface area (Å²) in [6, 6.07) is 16.1. The quantitative estimate of drug-likeness (QED) is 0.542. The number of carbonyl (C=O) groups excluding carboxylic acids is 1. The Kier molecular flexibility index (Phi) is 4.85. The van der Waals surface area contributed by atoms with Gasteiger partial charge in [0, 0.05) is 23.2 Å². The molecule has 2 heterocycles. The number of fused-ring (bicyclic) bond motifs is 1. The Morgan fingerprint density at radius 2 is 1.93 bits per heavy atom. The van der Waals surface area contributed by atoms with Crippen molar-refractivity contribution in [1.82, 2.24) is 19.3 Å². The van der Waals surface area contributed by atoms with Crippen molar-refractivity contribution in [2.24, 2.45) is 0 Å². The van der Waals surface area contributed by atoms with Crippen LogP contribution < -0.4 is 5.32 Å². The maximum atomic E-state index is 12.6. The maximum absolute atomic E-state index is 12.6. The molecule has 2 aromatic heterocycles. The number of nitrogens with zero attached hydrogens (tertiary/aromatic N) is 4. The van der Waals surface area contributed by atoms with Crippen LogP contribution >= 0.6 is 11.6 Å². The van der Waals surface area contributed by atoms with E-state index >= 15 is 0 Å². The third kappa shape index (κ3) is 3.37. The normalized spacial score (nSPS) is 11.1. The molecule has 0 fully saturated rings. The van der Waals surface area contributed by atoms with Gasteiger partial charge in [0.1, 0.15) is 5.82 Å². The van der Waals surface area contributed by atoms with Crippen molar-refractivity contribution in [2.45, 2.75) is 13.5 Å². The number of aryl methyl sites for hydroxylation is 1. The number of nitrogens with one attached hydrogen (secondary N) is 1. The molecule has 0 aliphatic carbocycles. The number of anilines is 1. The van der Waals surface area contributed by atoms with Crippen LogP contribution in [0.5, 0.6) is 0 Å². The van der Waals surface area contributed by atoms with Crippen LogP contribution in [0.4, 0.5) is 5.82 Å². The van der Waals surface area contributed by atoms with E-state index in [1.807, 2.05) is 35.8 Å². The summed E-state index contributed by atoms with van der Waals surface area (Å²) in [6.07, 6.45) is 0. The maximum Gasteiger partial charge on any atom is 0.256 e. The van der Waals surface area contributed by atoms with Crippen molar-refractivity contribution in [3.8, 4) is 5.95 Å². The summed E-state index contributed by atoms with van der Waals surface area (Å²) in [5, 5.41) is 17.4. The van der Waals surface area contributed by atoms with Gasteiger partial charge in [-0.1, -0.05) is 23.7 Å². The first-order valence-corrected chi connectivity index (χ1v) is 9.14. The number of halogens is 1. The highest BCUT2D eigenvalue weighted by Crippen LogP contribution is 2.23. The van der Waals surface area contributed by atoms with E-state index in [1.54, 1.807) is 35.0 Å². The van der Waals surface area contributed by atoms with Gasteiger partial charge in [-0.25, -0.2) is 4.98 Å². The van der Waals surface area contributed by atoms with Crippen LogP contribution in [0.1, 0.15) is 16.1 Å². The van der Waals surface area contributed by atoms with Crippen LogP contribution in [0, 0.1) is 6.92 Å². The minimum Gasteiger partial charge on any atom is -0.395 e. The zero-order valence-corrected chi connectivity index (χ0v) is 15.9. The Labute approximate surface area is 166 Å². The minimum atomic E-state index is -0.275. The molecule has 28 heavy (non-hydrogen) atoms. The second-order valence-electron chi connectivity index (χ2n) is 6.32. The lowest BCUT2D eigenvalue weighted by Crippen LogP contribution is -2.17. The average molecular weight is 396 g/mol. The predicted molar refractivity (Wildman–Crippen MR) is 108 cm³/mol. The van der Waals surface area contributed by atoms with Crippen molar-refractivity contribution >= 4 is 34.4 Å². The molecule has 0 unspecified atom stereocenters. The third-order valence-electron chi connectivity index (χ3n) is 4.33. The van der Waals surface area contributed by atoms with E-state index in [0.717, 1.165) is 16.7 Å². The molecule has 2 N–H and O–H groups in total. The van der Waals surface area contributed by atoms with Gasteiger partial charge in [-0.05, 0) is 43.3 Å². The highest BCUT2D eigenvalue weighted by molar-refractivity contribution is 6.30. The molecule has 0 bridgehead atoms. The highest BCUT2D eigenvalue weighted by atomic mass is 35.5. The number of carbonyl (C=O) groups is 1. The standard InChI is InChI=1S/C20H18ClN5O2/c1-13-12-18(23-19(28)14-6-8-15(21)9-7-14)26(24-13)20-22-16-4-2-3-5-17(16)25(20)10-11-27/h2-9,12,27H,10-11H2,1H3,(H,23,28). The van der Waals surface area contributed by atoms with Gasteiger partial charge in [-0.2, -0.15) is 9.78 Å². The van der Waals surface area contributed by atoms with Crippen LogP contribution in [0.3, 0.4) is 0 Å². The number of benzene rings is 2. The zero-order valence-electron chi connectivity index (χ0n) is 15.1. The second-order valence-corrected chi connectivity index (χ2v) is 6.76. The lowest BCUT2D eigenvalue weighted by molar-refractivity contribution is 0.102. The fourth-order valence-corrected chi connectivity index (χ4v) is 3.20. The summed E-state index contributed by atoms with van der Waals surface area (Å²) >= 11 is 5.89. The van der Waals surface area contributed by atoms with Gasteiger partial charge in [0.15, 0.2) is 0 Å². The summed E-state index contributed by atoms with van der Waals surface area (Å²) in [6.45, 7) is 2.16. The molecule has 7 nitrogen and oxygen atoms in total. The molecule has 4 rings (SSSR count). The largest absolute Gasteiger partial charge is 0.395 e. The second kappa shape index (κ2) is 7.46. The topological polar surface area (TPSA) is 85.0 Å². The van der Waals surface area contributed by atoms with E-state index in [-0.39, 0.29) is 12.5 Å². The monoisotopic (exact) mass is 395 g/mol. The van der Waals surface area contributed by atoms with Crippen LogP contribution in [-0.4, -0.2) is 37.0 Å². The fourth-order valence-electron chi connectivity index (χ4n) is 3.08. The number of hydrogen-bond donors (Lipinski definition) is 2. The molecule has 0 aliphatic rings. The number of hydrogen-bond acceptors (Lipinski definition) is 4. The van der Waals surface area contributed by atoms with Crippen molar-refractivity contribution < 1.29 is 9.90 Å². The third-order valence-corrected chi connectivity index (χ3v) is 4.58. The molecule has 4 aromatic rings. The van der Waals surface area contributed by atoms with Crippen molar-refractivity contribution in [3.63, 3.8) is 0 Å². The molecular weight excluding hydrogens is 378 g/mol. The SMILES string of the molecule is Cc1cc(NC(=O)c2ccc(Cl)cc2)n(-c2nc3ccccc3n2CCO)n1. The van der Waals surface area contributed by atoms with Crippen LogP contribution in [0.2, 0.25) is 5.02 Å². The molecule has 0 atom stereocenters. The van der Waals surface area contributed by atoms with Gasteiger partial charge in [0.25, 0.3) is 5.91 Å². The van der Waals surface area contributed by atoms with Crippen molar-refractivity contribution in [2.75, 3.05) is 11.9 Å². The first-order chi connectivity index (χ1) is 13.6. The van der Waals surface area contributed by atoms with Crippen molar-refractivity contribution in [3.05, 3.63) is 70.9 Å². The molecule has 0 radical (unpaired) electrons. The number of imidazole rings is 1. The molecule has 142 valence electrons. The Balaban J connectivity index is 1.76. The average Bonchev–Trinajstić information content (AvgIpc) is 3.23. The van der Waals surface area contributed by atoms with E-state index < -0.39 is 0 Å². The van der Waals surface area contributed by atoms with Crippen LogP contribution in [0.15, 0.2) is 54.6 Å². The van der Waals surface area contributed by atoms with Gasteiger partial charge >= 0.3 is 0 Å². The Morgan fingerprint density at radius 1 is 1.18 bits per heavy atom.